The smallest absolute Gasteiger partial charge is 0.350 e. The lowest BCUT2D eigenvalue weighted by Crippen LogP contribution is -2.29. The maximum absolute atomic E-state index is 12.5. The van der Waals surface area contributed by atoms with Crippen molar-refractivity contribution >= 4 is 28.3 Å². The number of amides is 1. The number of benzene rings is 1. The minimum Gasteiger partial charge on any atom is -0.493 e. The number of nitrogens with one attached hydrogen (secondary N) is 1. The van der Waals surface area contributed by atoms with E-state index in [2.05, 4.69) is 15.4 Å². The number of thiazole rings is 1. The highest BCUT2D eigenvalue weighted by molar-refractivity contribution is 7.17. The zero-order valence-corrected chi connectivity index (χ0v) is 18.8. The van der Waals surface area contributed by atoms with Gasteiger partial charge in [0, 0.05) is 11.6 Å². The van der Waals surface area contributed by atoms with Crippen LogP contribution >= 0.6 is 11.3 Å². The predicted molar refractivity (Wildman–Crippen MR) is 118 cm³/mol. The van der Waals surface area contributed by atoms with Crippen LogP contribution in [0.4, 0.5) is 5.13 Å². The lowest BCUT2D eigenvalue weighted by atomic mass is 10.1. The van der Waals surface area contributed by atoms with Gasteiger partial charge in [-0.25, -0.2) is 14.5 Å². The standard InChI is InChI=1S/C21H22N4O6S/c1-5-31-20(28)19-12(2)22-21(32-19)23-17(26)11-25-18(27)9-7-14(24-25)13-6-8-15(29-3)16(10-13)30-4/h6-10H,5,11H2,1-4H3,(H,22,23,26). The van der Waals surface area contributed by atoms with Crippen molar-refractivity contribution in [3.63, 3.8) is 0 Å². The summed E-state index contributed by atoms with van der Waals surface area (Å²) in [6, 6.07) is 8.12. The molecular formula is C21H22N4O6S. The van der Waals surface area contributed by atoms with Crippen LogP contribution in [0.15, 0.2) is 35.1 Å². The molecule has 0 aliphatic heterocycles. The maximum atomic E-state index is 12.5. The molecule has 0 saturated carbocycles. The zero-order chi connectivity index (χ0) is 23.3. The van der Waals surface area contributed by atoms with Gasteiger partial charge in [-0.2, -0.15) is 5.10 Å². The number of hydrogen-bond donors (Lipinski definition) is 1. The van der Waals surface area contributed by atoms with E-state index in [0.717, 1.165) is 16.0 Å². The number of aromatic nitrogens is 3. The third kappa shape index (κ3) is 5.11. The van der Waals surface area contributed by atoms with Gasteiger partial charge in [-0.3, -0.25) is 9.59 Å². The minimum absolute atomic E-state index is 0.236. The van der Waals surface area contributed by atoms with Crippen molar-refractivity contribution in [1.29, 1.82) is 0 Å². The van der Waals surface area contributed by atoms with Crippen molar-refractivity contribution in [1.82, 2.24) is 14.8 Å². The number of hydrogen-bond acceptors (Lipinski definition) is 9. The third-order valence-corrected chi connectivity index (χ3v) is 5.40. The Hall–Kier alpha value is -3.73. The second-order valence-corrected chi connectivity index (χ2v) is 7.49. The summed E-state index contributed by atoms with van der Waals surface area (Å²) in [4.78, 5) is 41.1. The van der Waals surface area contributed by atoms with E-state index in [4.69, 9.17) is 14.2 Å². The molecule has 1 N–H and O–H groups in total. The SMILES string of the molecule is CCOC(=O)c1sc(NC(=O)Cn2nc(-c3ccc(OC)c(OC)c3)ccc2=O)nc1C. The van der Waals surface area contributed by atoms with E-state index in [9.17, 15) is 14.4 Å². The van der Waals surface area contributed by atoms with Crippen molar-refractivity contribution in [3.05, 3.63) is 51.3 Å². The van der Waals surface area contributed by atoms with Crippen LogP contribution < -0.4 is 20.3 Å². The molecule has 0 unspecified atom stereocenters. The fourth-order valence-electron chi connectivity index (χ4n) is 2.84. The van der Waals surface area contributed by atoms with Crippen molar-refractivity contribution in [3.8, 4) is 22.8 Å². The Kier molecular flexibility index (Phi) is 7.21. The zero-order valence-electron chi connectivity index (χ0n) is 18.0. The highest BCUT2D eigenvalue weighted by Gasteiger charge is 2.18. The van der Waals surface area contributed by atoms with Crippen LogP contribution in [0.2, 0.25) is 0 Å². The molecule has 0 saturated heterocycles. The fourth-order valence-corrected chi connectivity index (χ4v) is 3.72. The maximum Gasteiger partial charge on any atom is 0.350 e. The number of rotatable bonds is 8. The van der Waals surface area contributed by atoms with E-state index in [0.29, 0.717) is 33.3 Å². The quantitative estimate of drug-likeness (QED) is 0.511. The Morgan fingerprint density at radius 3 is 2.56 bits per heavy atom. The summed E-state index contributed by atoms with van der Waals surface area (Å²) in [6.45, 7) is 3.27. The predicted octanol–water partition coefficient (Wildman–Crippen LogP) is 2.51. The summed E-state index contributed by atoms with van der Waals surface area (Å²) in [6.07, 6.45) is 0. The Morgan fingerprint density at radius 2 is 1.88 bits per heavy atom. The van der Waals surface area contributed by atoms with Crippen LogP contribution in [0.3, 0.4) is 0 Å². The molecule has 0 fully saturated rings. The number of aryl methyl sites for hydroxylation is 1. The molecule has 168 valence electrons. The molecule has 0 radical (unpaired) electrons. The first kappa shape index (κ1) is 22.9. The van der Waals surface area contributed by atoms with E-state index >= 15 is 0 Å². The molecule has 0 aliphatic rings. The largest absolute Gasteiger partial charge is 0.493 e. The Morgan fingerprint density at radius 1 is 1.12 bits per heavy atom. The molecule has 0 aliphatic carbocycles. The van der Waals surface area contributed by atoms with Gasteiger partial charge in [0.05, 0.1) is 32.2 Å². The van der Waals surface area contributed by atoms with Gasteiger partial charge in [0.1, 0.15) is 11.4 Å². The first-order valence-corrected chi connectivity index (χ1v) is 10.4. The van der Waals surface area contributed by atoms with Crippen LogP contribution in [0, 0.1) is 6.92 Å². The number of carbonyl (C=O) groups excluding carboxylic acids is 2. The summed E-state index contributed by atoms with van der Waals surface area (Å²) in [5.74, 6) is 0.0699. The summed E-state index contributed by atoms with van der Waals surface area (Å²) >= 11 is 1.01. The number of methoxy groups -OCH3 is 2. The molecule has 32 heavy (non-hydrogen) atoms. The van der Waals surface area contributed by atoms with E-state index < -0.39 is 17.4 Å². The normalized spacial score (nSPS) is 10.5. The van der Waals surface area contributed by atoms with Gasteiger partial charge in [0.2, 0.25) is 5.91 Å². The summed E-state index contributed by atoms with van der Waals surface area (Å²) in [7, 11) is 3.06. The van der Waals surface area contributed by atoms with E-state index in [-0.39, 0.29) is 18.3 Å². The molecule has 11 heteroatoms. The molecule has 3 rings (SSSR count). The molecule has 0 atom stereocenters. The van der Waals surface area contributed by atoms with Crippen LogP contribution in [-0.2, 0) is 16.1 Å². The molecule has 10 nitrogen and oxygen atoms in total. The van der Waals surface area contributed by atoms with Crippen molar-refractivity contribution < 1.29 is 23.8 Å². The molecule has 0 spiro atoms. The molecule has 1 amide bonds. The van der Waals surface area contributed by atoms with Gasteiger partial charge < -0.3 is 19.5 Å². The molecule has 1 aromatic carbocycles. The van der Waals surface area contributed by atoms with Crippen LogP contribution in [0.5, 0.6) is 11.5 Å². The third-order valence-electron chi connectivity index (χ3n) is 4.34. The van der Waals surface area contributed by atoms with Crippen molar-refractivity contribution in [2.45, 2.75) is 20.4 Å². The molecular weight excluding hydrogens is 436 g/mol. The monoisotopic (exact) mass is 458 g/mol. The van der Waals surface area contributed by atoms with E-state index in [1.807, 2.05) is 0 Å². The topological polar surface area (TPSA) is 122 Å². The minimum atomic E-state index is -0.506. The lowest BCUT2D eigenvalue weighted by Gasteiger charge is -2.10. The number of anilines is 1. The number of ether oxygens (including phenoxy) is 3. The Labute approximate surface area is 187 Å². The Bertz CT molecular complexity index is 1200. The van der Waals surface area contributed by atoms with Gasteiger partial charge in [0.15, 0.2) is 16.6 Å². The lowest BCUT2D eigenvalue weighted by molar-refractivity contribution is -0.117. The highest BCUT2D eigenvalue weighted by atomic mass is 32.1. The van der Waals surface area contributed by atoms with Gasteiger partial charge in [-0.15, -0.1) is 0 Å². The first-order valence-electron chi connectivity index (χ1n) is 9.61. The van der Waals surface area contributed by atoms with Crippen molar-refractivity contribution in [2.75, 3.05) is 26.1 Å². The van der Waals surface area contributed by atoms with Gasteiger partial charge >= 0.3 is 5.97 Å². The second-order valence-electron chi connectivity index (χ2n) is 6.49. The van der Waals surface area contributed by atoms with E-state index in [1.54, 1.807) is 38.1 Å². The summed E-state index contributed by atoms with van der Waals surface area (Å²) < 4.78 is 16.6. The fraction of sp³-hybridized carbons (Fsp3) is 0.286. The Balaban J connectivity index is 1.78. The van der Waals surface area contributed by atoms with E-state index in [1.165, 1.54) is 20.3 Å². The number of nitrogens with zero attached hydrogens (tertiary/aromatic N) is 3. The first-order chi connectivity index (χ1) is 15.4. The summed E-state index contributed by atoms with van der Waals surface area (Å²) in [5, 5.41) is 7.11. The van der Waals surface area contributed by atoms with Crippen LogP contribution in [-0.4, -0.2) is 47.5 Å². The van der Waals surface area contributed by atoms with Gasteiger partial charge in [-0.1, -0.05) is 11.3 Å². The van der Waals surface area contributed by atoms with Gasteiger partial charge in [-0.05, 0) is 38.1 Å². The van der Waals surface area contributed by atoms with Gasteiger partial charge in [0.25, 0.3) is 5.56 Å². The molecule has 2 heterocycles. The molecule has 2 aromatic heterocycles. The van der Waals surface area contributed by atoms with Crippen molar-refractivity contribution in [2.24, 2.45) is 0 Å². The number of esters is 1. The van der Waals surface area contributed by atoms with Crippen LogP contribution in [0.25, 0.3) is 11.3 Å². The molecule has 0 bridgehead atoms. The average Bonchev–Trinajstić information content (AvgIpc) is 3.14. The summed E-state index contributed by atoms with van der Waals surface area (Å²) in [5.41, 5.74) is 1.18. The van der Waals surface area contributed by atoms with Crippen LogP contribution in [0.1, 0.15) is 22.3 Å². The second kappa shape index (κ2) is 10.1. The highest BCUT2D eigenvalue weighted by Crippen LogP contribution is 2.31. The molecule has 3 aromatic rings. The number of carbonyl (C=O) groups is 2. The average molecular weight is 458 g/mol.